The van der Waals surface area contributed by atoms with E-state index in [1.165, 1.54) is 17.9 Å². The molecule has 1 aromatic heterocycles. The monoisotopic (exact) mass is 341 g/mol. The first-order chi connectivity index (χ1) is 12.1. The summed E-state index contributed by atoms with van der Waals surface area (Å²) in [5.74, 6) is -0.170. The highest BCUT2D eigenvalue weighted by atomic mass is 19.1. The molecule has 0 saturated carbocycles. The number of hydrogen-bond acceptors (Lipinski definition) is 4. The van der Waals surface area contributed by atoms with Crippen LogP contribution in [0.5, 0.6) is 5.75 Å². The van der Waals surface area contributed by atoms with E-state index in [2.05, 4.69) is 5.10 Å². The van der Waals surface area contributed by atoms with Crippen LogP contribution in [-0.2, 0) is 13.2 Å². The Kier molecular flexibility index (Phi) is 5.09. The van der Waals surface area contributed by atoms with Crippen LogP contribution in [0.25, 0.3) is 10.8 Å². The van der Waals surface area contributed by atoms with Crippen molar-refractivity contribution in [2.45, 2.75) is 20.1 Å². The predicted molar refractivity (Wildman–Crippen MR) is 95.0 cm³/mol. The van der Waals surface area contributed by atoms with Gasteiger partial charge in [-0.05, 0) is 30.3 Å². The van der Waals surface area contributed by atoms with Crippen LogP contribution in [0.15, 0.2) is 53.5 Å². The zero-order valence-corrected chi connectivity index (χ0v) is 14.3. The number of aromatic nitrogens is 2. The summed E-state index contributed by atoms with van der Waals surface area (Å²) < 4.78 is 20.2. The molecule has 3 aromatic rings. The number of rotatable bonds is 6. The van der Waals surface area contributed by atoms with Crippen molar-refractivity contribution >= 4 is 10.8 Å². The Morgan fingerprint density at radius 3 is 2.76 bits per heavy atom. The third-order valence-corrected chi connectivity index (χ3v) is 4.17. The summed E-state index contributed by atoms with van der Waals surface area (Å²) in [5, 5.41) is 5.71. The molecule has 0 aliphatic rings. The van der Waals surface area contributed by atoms with Crippen molar-refractivity contribution < 1.29 is 9.13 Å². The van der Waals surface area contributed by atoms with Crippen molar-refractivity contribution in [3.05, 3.63) is 70.4 Å². The number of benzene rings is 2. The molecule has 1 heterocycles. The minimum atomic E-state index is -0.392. The molecule has 6 heteroatoms. The van der Waals surface area contributed by atoms with Gasteiger partial charge >= 0.3 is 0 Å². The second kappa shape index (κ2) is 7.44. The Bertz CT molecular complexity index is 939. The van der Waals surface area contributed by atoms with Crippen LogP contribution in [0.1, 0.15) is 12.5 Å². The van der Waals surface area contributed by atoms with E-state index in [1.54, 1.807) is 18.3 Å². The van der Waals surface area contributed by atoms with Gasteiger partial charge < -0.3 is 4.74 Å². The number of methoxy groups -OCH3 is 1. The molecule has 0 radical (unpaired) electrons. The summed E-state index contributed by atoms with van der Waals surface area (Å²) in [5.41, 5.74) is 0.687. The first kappa shape index (κ1) is 17.1. The molecular weight excluding hydrogens is 321 g/mol. The summed E-state index contributed by atoms with van der Waals surface area (Å²) >= 11 is 0. The number of nitrogens with zero attached hydrogens (tertiary/aromatic N) is 3. The Labute approximate surface area is 145 Å². The zero-order chi connectivity index (χ0) is 17.8. The summed E-state index contributed by atoms with van der Waals surface area (Å²) in [4.78, 5) is 14.6. The van der Waals surface area contributed by atoms with Crippen LogP contribution in [0, 0.1) is 5.82 Å². The summed E-state index contributed by atoms with van der Waals surface area (Å²) in [6.45, 7) is 3.55. The predicted octanol–water partition coefficient (Wildman–Crippen LogP) is 3.02. The van der Waals surface area contributed by atoms with E-state index in [-0.39, 0.29) is 11.3 Å². The minimum Gasteiger partial charge on any atom is -0.494 e. The molecule has 2 aromatic carbocycles. The van der Waals surface area contributed by atoms with Gasteiger partial charge in [0.05, 0.1) is 25.4 Å². The Balaban J connectivity index is 1.82. The van der Waals surface area contributed by atoms with Crippen LogP contribution < -0.4 is 10.3 Å². The van der Waals surface area contributed by atoms with E-state index >= 15 is 0 Å². The van der Waals surface area contributed by atoms with Crippen LogP contribution in [0.2, 0.25) is 0 Å². The highest BCUT2D eigenvalue weighted by Crippen LogP contribution is 2.18. The SMILES string of the molecule is CCN(Cc1ccc(OC)c(F)c1)Cn1ncc2ccccc2c1=O. The topological polar surface area (TPSA) is 47.4 Å². The summed E-state index contributed by atoms with van der Waals surface area (Å²) in [7, 11) is 1.44. The fraction of sp³-hybridized carbons (Fsp3) is 0.263. The molecule has 0 aliphatic carbocycles. The van der Waals surface area contributed by atoms with Crippen molar-refractivity contribution in [3.8, 4) is 5.75 Å². The van der Waals surface area contributed by atoms with Crippen molar-refractivity contribution in [2.75, 3.05) is 13.7 Å². The molecule has 130 valence electrons. The normalized spacial score (nSPS) is 11.2. The van der Waals surface area contributed by atoms with Crippen molar-refractivity contribution in [2.24, 2.45) is 0 Å². The molecular formula is C19H20FN3O2. The van der Waals surface area contributed by atoms with Crippen LogP contribution >= 0.6 is 0 Å². The maximum absolute atomic E-state index is 13.9. The minimum absolute atomic E-state index is 0.127. The highest BCUT2D eigenvalue weighted by Gasteiger charge is 2.10. The van der Waals surface area contributed by atoms with E-state index in [9.17, 15) is 9.18 Å². The molecule has 0 amide bonds. The number of ether oxygens (including phenoxy) is 1. The van der Waals surface area contributed by atoms with Gasteiger partial charge in [0, 0.05) is 11.9 Å². The van der Waals surface area contributed by atoms with E-state index in [0.29, 0.717) is 25.1 Å². The maximum atomic E-state index is 13.9. The third-order valence-electron chi connectivity index (χ3n) is 4.17. The summed E-state index contributed by atoms with van der Waals surface area (Å²) in [6, 6.07) is 12.3. The molecule has 0 fully saturated rings. The first-order valence-corrected chi connectivity index (χ1v) is 8.12. The number of halogens is 1. The van der Waals surface area contributed by atoms with Crippen LogP contribution in [-0.4, -0.2) is 28.3 Å². The Morgan fingerprint density at radius 1 is 1.24 bits per heavy atom. The molecule has 0 saturated heterocycles. The van der Waals surface area contributed by atoms with Gasteiger partial charge in [-0.25, -0.2) is 9.07 Å². The number of hydrogen-bond donors (Lipinski definition) is 0. The quantitative estimate of drug-likeness (QED) is 0.691. The van der Waals surface area contributed by atoms with Crippen LogP contribution in [0.3, 0.4) is 0 Å². The lowest BCUT2D eigenvalue weighted by Crippen LogP contribution is -2.33. The fourth-order valence-corrected chi connectivity index (χ4v) is 2.75. The molecule has 25 heavy (non-hydrogen) atoms. The van der Waals surface area contributed by atoms with Gasteiger partial charge in [-0.1, -0.05) is 31.2 Å². The maximum Gasteiger partial charge on any atom is 0.275 e. The lowest BCUT2D eigenvalue weighted by Gasteiger charge is -2.21. The molecule has 0 aliphatic heterocycles. The smallest absolute Gasteiger partial charge is 0.275 e. The zero-order valence-electron chi connectivity index (χ0n) is 14.3. The standard InChI is InChI=1S/C19H20FN3O2/c1-3-22(12-14-8-9-18(25-2)17(20)10-14)13-23-19(24)16-7-5-4-6-15(16)11-21-23/h4-11H,3,12-13H2,1-2H3. The van der Waals surface area contributed by atoms with E-state index in [0.717, 1.165) is 10.9 Å². The Morgan fingerprint density at radius 2 is 2.04 bits per heavy atom. The van der Waals surface area contributed by atoms with Gasteiger partial charge in [0.1, 0.15) is 0 Å². The second-order valence-electron chi connectivity index (χ2n) is 5.79. The lowest BCUT2D eigenvalue weighted by atomic mass is 10.2. The lowest BCUT2D eigenvalue weighted by molar-refractivity contribution is 0.204. The van der Waals surface area contributed by atoms with Gasteiger partial charge in [0.2, 0.25) is 0 Å². The van der Waals surface area contributed by atoms with Gasteiger partial charge in [0.25, 0.3) is 5.56 Å². The average Bonchev–Trinajstić information content (AvgIpc) is 2.63. The van der Waals surface area contributed by atoms with Gasteiger partial charge in [0.15, 0.2) is 11.6 Å². The molecule has 3 rings (SSSR count). The second-order valence-corrected chi connectivity index (χ2v) is 5.79. The van der Waals surface area contributed by atoms with Crippen molar-refractivity contribution in [3.63, 3.8) is 0 Å². The highest BCUT2D eigenvalue weighted by molar-refractivity contribution is 5.80. The van der Waals surface area contributed by atoms with Gasteiger partial charge in [-0.3, -0.25) is 9.69 Å². The average molecular weight is 341 g/mol. The first-order valence-electron chi connectivity index (χ1n) is 8.12. The molecule has 0 bridgehead atoms. The molecule has 0 unspecified atom stereocenters. The Hall–Kier alpha value is -2.73. The van der Waals surface area contributed by atoms with Crippen molar-refractivity contribution in [1.29, 1.82) is 0 Å². The molecule has 5 nitrogen and oxygen atoms in total. The third kappa shape index (κ3) is 3.69. The number of fused-ring (bicyclic) bond motifs is 1. The fourth-order valence-electron chi connectivity index (χ4n) is 2.75. The van der Waals surface area contributed by atoms with E-state index < -0.39 is 5.82 Å². The molecule has 0 N–H and O–H groups in total. The largest absolute Gasteiger partial charge is 0.494 e. The van der Waals surface area contributed by atoms with Gasteiger partial charge in [-0.2, -0.15) is 5.10 Å². The van der Waals surface area contributed by atoms with Gasteiger partial charge in [-0.15, -0.1) is 0 Å². The molecule has 0 spiro atoms. The van der Waals surface area contributed by atoms with Crippen LogP contribution in [0.4, 0.5) is 4.39 Å². The van der Waals surface area contributed by atoms with Crippen molar-refractivity contribution in [1.82, 2.24) is 14.7 Å². The van der Waals surface area contributed by atoms with E-state index in [1.807, 2.05) is 36.1 Å². The summed E-state index contributed by atoms with van der Waals surface area (Å²) in [6.07, 6.45) is 1.69. The molecule has 0 atom stereocenters. The van der Waals surface area contributed by atoms with E-state index in [4.69, 9.17) is 4.74 Å².